The Morgan fingerprint density at radius 2 is 1.97 bits per heavy atom. The number of amidine groups is 1. The molecule has 2 aromatic heterocycles. The van der Waals surface area contributed by atoms with Crippen molar-refractivity contribution in [1.82, 2.24) is 19.4 Å². The van der Waals surface area contributed by atoms with E-state index < -0.39 is 12.0 Å². The van der Waals surface area contributed by atoms with Crippen molar-refractivity contribution in [2.75, 3.05) is 7.05 Å². The number of halogens is 1. The molecule has 1 unspecified atom stereocenters. The molecular formula is C23H24FN5O2. The van der Waals surface area contributed by atoms with Crippen LogP contribution in [0, 0.1) is 0 Å². The van der Waals surface area contributed by atoms with Gasteiger partial charge in [-0.25, -0.2) is 23.7 Å². The van der Waals surface area contributed by atoms with Crippen LogP contribution in [0.3, 0.4) is 0 Å². The molecule has 31 heavy (non-hydrogen) atoms. The van der Waals surface area contributed by atoms with Crippen LogP contribution in [0.5, 0.6) is 5.75 Å². The zero-order valence-electron chi connectivity index (χ0n) is 17.7. The quantitative estimate of drug-likeness (QED) is 0.505. The van der Waals surface area contributed by atoms with Crippen molar-refractivity contribution in [3.8, 4) is 11.4 Å². The molecule has 160 valence electrons. The molecule has 1 aliphatic rings. The molecule has 3 aromatic rings. The summed E-state index contributed by atoms with van der Waals surface area (Å²) in [5.74, 6) is 0.554. The first-order chi connectivity index (χ1) is 15.0. The zero-order chi connectivity index (χ0) is 22.0. The number of fused-ring (bicyclic) bond motifs is 1. The summed E-state index contributed by atoms with van der Waals surface area (Å²) in [6.07, 6.45) is 6.40. The maximum absolute atomic E-state index is 14.1. The minimum atomic E-state index is -1.47. The van der Waals surface area contributed by atoms with E-state index in [0.717, 1.165) is 28.7 Å². The summed E-state index contributed by atoms with van der Waals surface area (Å²) < 4.78 is 22.4. The van der Waals surface area contributed by atoms with Crippen molar-refractivity contribution in [2.45, 2.75) is 33.0 Å². The summed E-state index contributed by atoms with van der Waals surface area (Å²) >= 11 is 0. The number of allylic oxidation sites excluding steroid dienone is 3. The summed E-state index contributed by atoms with van der Waals surface area (Å²) in [6.45, 7) is 3.37. The van der Waals surface area contributed by atoms with Gasteiger partial charge in [0.05, 0.1) is 11.2 Å². The summed E-state index contributed by atoms with van der Waals surface area (Å²) in [5.41, 5.74) is 3.05. The minimum Gasteiger partial charge on any atom is -0.426 e. The van der Waals surface area contributed by atoms with Gasteiger partial charge in [-0.1, -0.05) is 12.2 Å². The van der Waals surface area contributed by atoms with Crippen LogP contribution in [0.2, 0.25) is 0 Å². The standard InChI is InChI=1S/C23H24FN5O2/c1-15-7-4-5-8-19(15)27-22(25-3)31-18-12-10-17(11-13-18)29-21-20(9-6-14-26-21)28(16(2)24)23(29)30/h6-14,16H,4-5H2,1-3H3,(H,25,27). The number of nitrogens with one attached hydrogen (secondary N) is 1. The average Bonchev–Trinajstić information content (AvgIpc) is 3.07. The predicted octanol–water partition coefficient (Wildman–Crippen LogP) is 4.25. The van der Waals surface area contributed by atoms with Crippen LogP contribution < -0.4 is 15.7 Å². The predicted molar refractivity (Wildman–Crippen MR) is 119 cm³/mol. The molecule has 0 saturated carbocycles. The number of benzene rings is 1. The lowest BCUT2D eigenvalue weighted by molar-refractivity contribution is 0.267. The Labute approximate surface area is 179 Å². The highest BCUT2D eigenvalue weighted by Gasteiger charge is 2.19. The van der Waals surface area contributed by atoms with Gasteiger partial charge in [0, 0.05) is 18.9 Å². The Kier molecular flexibility index (Phi) is 5.70. The number of alkyl halides is 1. The molecule has 1 aromatic carbocycles. The van der Waals surface area contributed by atoms with E-state index in [9.17, 15) is 9.18 Å². The van der Waals surface area contributed by atoms with Gasteiger partial charge in [0.25, 0.3) is 6.02 Å². The molecule has 0 amide bonds. The lowest BCUT2D eigenvalue weighted by atomic mass is 10.1. The van der Waals surface area contributed by atoms with Gasteiger partial charge in [0.2, 0.25) is 0 Å². The highest BCUT2D eigenvalue weighted by molar-refractivity contribution is 5.79. The van der Waals surface area contributed by atoms with Gasteiger partial charge in [0.1, 0.15) is 5.75 Å². The van der Waals surface area contributed by atoms with E-state index >= 15 is 0 Å². The topological polar surface area (TPSA) is 73.4 Å². The smallest absolute Gasteiger partial charge is 0.337 e. The van der Waals surface area contributed by atoms with Crippen LogP contribution in [0.4, 0.5) is 4.39 Å². The number of nitrogens with zero attached hydrogens (tertiary/aromatic N) is 4. The Morgan fingerprint density at radius 3 is 2.65 bits per heavy atom. The van der Waals surface area contributed by atoms with Crippen LogP contribution in [-0.2, 0) is 0 Å². The normalized spacial score (nSPS) is 15.4. The van der Waals surface area contributed by atoms with E-state index in [-0.39, 0.29) is 0 Å². The molecule has 0 bridgehead atoms. The van der Waals surface area contributed by atoms with Crippen LogP contribution in [0.25, 0.3) is 16.9 Å². The Balaban J connectivity index is 1.61. The maximum Gasteiger partial charge on any atom is 0.337 e. The van der Waals surface area contributed by atoms with E-state index in [2.05, 4.69) is 27.4 Å². The van der Waals surface area contributed by atoms with Gasteiger partial charge in [-0.05, 0) is 68.7 Å². The molecule has 7 nitrogen and oxygen atoms in total. The number of aromatic nitrogens is 3. The molecule has 0 fully saturated rings. The van der Waals surface area contributed by atoms with E-state index in [1.807, 2.05) is 6.92 Å². The number of pyridine rings is 1. The van der Waals surface area contributed by atoms with E-state index in [1.165, 1.54) is 11.5 Å². The Hall–Kier alpha value is -3.68. The molecule has 1 N–H and O–H groups in total. The van der Waals surface area contributed by atoms with Crippen LogP contribution in [-0.4, -0.2) is 27.2 Å². The third-order valence-corrected chi connectivity index (χ3v) is 5.14. The minimum absolute atomic E-state index is 0.371. The highest BCUT2D eigenvalue weighted by Crippen LogP contribution is 2.22. The Bertz CT molecular complexity index is 1250. The molecule has 0 radical (unpaired) electrons. The third-order valence-electron chi connectivity index (χ3n) is 5.14. The third kappa shape index (κ3) is 4.01. The van der Waals surface area contributed by atoms with Crippen molar-refractivity contribution in [2.24, 2.45) is 4.99 Å². The van der Waals surface area contributed by atoms with Gasteiger partial charge in [0.15, 0.2) is 11.9 Å². The SMILES string of the molecule is CN=C(NC1=CCCC=C1C)Oc1ccc(-n2c(=O)n(C(C)F)c3cccnc32)cc1. The van der Waals surface area contributed by atoms with Crippen LogP contribution in [0.15, 0.2) is 75.8 Å². The van der Waals surface area contributed by atoms with Gasteiger partial charge in [-0.15, -0.1) is 0 Å². The molecule has 0 aliphatic heterocycles. The fourth-order valence-electron chi connectivity index (χ4n) is 3.59. The number of hydrogen-bond donors (Lipinski definition) is 1. The number of hydrogen-bond acceptors (Lipinski definition) is 4. The highest BCUT2D eigenvalue weighted by atomic mass is 19.1. The van der Waals surface area contributed by atoms with Crippen molar-refractivity contribution < 1.29 is 9.13 Å². The van der Waals surface area contributed by atoms with Gasteiger partial charge < -0.3 is 10.1 Å². The molecule has 1 atom stereocenters. The second-order valence-electron chi connectivity index (χ2n) is 7.24. The summed E-state index contributed by atoms with van der Waals surface area (Å²) in [5, 5.41) is 3.21. The fourth-order valence-corrected chi connectivity index (χ4v) is 3.59. The second kappa shape index (κ2) is 8.59. The van der Waals surface area contributed by atoms with Gasteiger partial charge in [-0.2, -0.15) is 0 Å². The summed E-state index contributed by atoms with van der Waals surface area (Å²) in [7, 11) is 1.65. The van der Waals surface area contributed by atoms with Gasteiger partial charge in [-0.3, -0.25) is 4.57 Å². The number of aliphatic imine (C=N–C) groups is 1. The first-order valence-electron chi connectivity index (χ1n) is 10.1. The maximum atomic E-state index is 14.1. The zero-order valence-corrected chi connectivity index (χ0v) is 17.7. The van der Waals surface area contributed by atoms with E-state index in [1.54, 1.807) is 49.6 Å². The average molecular weight is 421 g/mol. The van der Waals surface area contributed by atoms with Crippen LogP contribution >= 0.6 is 0 Å². The Morgan fingerprint density at radius 1 is 1.23 bits per heavy atom. The number of imidazole rings is 1. The lowest BCUT2D eigenvalue weighted by Gasteiger charge is -2.16. The van der Waals surface area contributed by atoms with E-state index in [4.69, 9.17) is 4.74 Å². The number of rotatable bonds is 4. The first-order valence-corrected chi connectivity index (χ1v) is 10.1. The second-order valence-corrected chi connectivity index (χ2v) is 7.24. The monoisotopic (exact) mass is 421 g/mol. The molecular weight excluding hydrogens is 397 g/mol. The summed E-state index contributed by atoms with van der Waals surface area (Å²) in [4.78, 5) is 21.3. The van der Waals surface area contributed by atoms with Crippen LogP contribution in [0.1, 0.15) is 33.0 Å². The van der Waals surface area contributed by atoms with Crippen molar-refractivity contribution in [3.63, 3.8) is 0 Å². The fraction of sp³-hybridized carbons (Fsp3) is 0.261. The van der Waals surface area contributed by atoms with Gasteiger partial charge >= 0.3 is 5.69 Å². The van der Waals surface area contributed by atoms with Crippen molar-refractivity contribution in [1.29, 1.82) is 0 Å². The molecule has 0 saturated heterocycles. The molecule has 2 heterocycles. The largest absolute Gasteiger partial charge is 0.426 e. The molecule has 1 aliphatic carbocycles. The van der Waals surface area contributed by atoms with Crippen molar-refractivity contribution >= 4 is 17.2 Å². The molecule has 8 heteroatoms. The van der Waals surface area contributed by atoms with E-state index in [0.29, 0.717) is 28.6 Å². The van der Waals surface area contributed by atoms with Crippen molar-refractivity contribution in [3.05, 3.63) is 76.5 Å². The first kappa shape index (κ1) is 20.6. The lowest BCUT2D eigenvalue weighted by Crippen LogP contribution is -2.29. The summed E-state index contributed by atoms with van der Waals surface area (Å²) in [6, 6.07) is 10.7. The number of ether oxygens (including phenoxy) is 1. The molecule has 0 spiro atoms. The molecule has 4 rings (SSSR count).